The minimum Gasteiger partial charge on any atom is -0.493 e. The minimum atomic E-state index is -0.0645. The van der Waals surface area contributed by atoms with Crippen LogP contribution >= 0.6 is 0 Å². The van der Waals surface area contributed by atoms with E-state index in [1.807, 2.05) is 30.3 Å². The van der Waals surface area contributed by atoms with Crippen LogP contribution in [0, 0.1) is 0 Å². The molecular weight excluding hydrogens is 264 g/mol. The lowest BCUT2D eigenvalue weighted by Gasteiger charge is -2.10. The summed E-state index contributed by atoms with van der Waals surface area (Å²) < 4.78 is 5.80. The Bertz CT molecular complexity index is 707. The van der Waals surface area contributed by atoms with Gasteiger partial charge in [0.1, 0.15) is 5.75 Å². The Morgan fingerprint density at radius 1 is 1.19 bits per heavy atom. The highest BCUT2D eigenvalue weighted by Crippen LogP contribution is 2.29. The van der Waals surface area contributed by atoms with Gasteiger partial charge < -0.3 is 4.74 Å². The Balaban J connectivity index is 2.06. The van der Waals surface area contributed by atoms with Crippen molar-refractivity contribution in [3.05, 3.63) is 47.5 Å². The highest BCUT2D eigenvalue weighted by Gasteiger charge is 2.16. The van der Waals surface area contributed by atoms with Gasteiger partial charge in [0.25, 0.3) is 5.91 Å². The molecule has 0 unspecified atom stereocenters. The molecular formula is C17H18N2O2. The third-order valence-electron chi connectivity index (χ3n) is 3.48. The Morgan fingerprint density at radius 2 is 2.00 bits per heavy atom. The second-order valence-corrected chi connectivity index (χ2v) is 5.02. The maximum atomic E-state index is 11.7. The molecule has 1 amide bonds. The first kappa shape index (κ1) is 13.6. The van der Waals surface area contributed by atoms with Crippen LogP contribution in [0.4, 0.5) is 0 Å². The maximum absolute atomic E-state index is 11.7. The molecule has 4 nitrogen and oxygen atoms in total. The summed E-state index contributed by atoms with van der Waals surface area (Å²) >= 11 is 0. The lowest BCUT2D eigenvalue weighted by molar-refractivity contribution is -0.116. The summed E-state index contributed by atoms with van der Waals surface area (Å²) in [5.41, 5.74) is 7.20. The number of rotatable bonds is 4. The first-order chi connectivity index (χ1) is 10.3. The van der Waals surface area contributed by atoms with E-state index in [4.69, 9.17) is 4.74 Å². The Labute approximate surface area is 123 Å². The number of hydrogen-bond donors (Lipinski definition) is 2. The zero-order valence-electron chi connectivity index (χ0n) is 12.0. The smallest absolute Gasteiger partial charge is 0.262 e. The van der Waals surface area contributed by atoms with Gasteiger partial charge in [-0.05, 0) is 29.5 Å². The van der Waals surface area contributed by atoms with Gasteiger partial charge in [-0.25, -0.2) is 5.43 Å². The predicted octanol–water partition coefficient (Wildman–Crippen LogP) is 2.65. The van der Waals surface area contributed by atoms with E-state index in [9.17, 15) is 4.79 Å². The van der Waals surface area contributed by atoms with Gasteiger partial charge in [-0.15, -0.1) is 0 Å². The maximum Gasteiger partial charge on any atom is 0.262 e. The van der Waals surface area contributed by atoms with Gasteiger partial charge in [0, 0.05) is 17.5 Å². The van der Waals surface area contributed by atoms with E-state index in [0.29, 0.717) is 13.2 Å². The van der Waals surface area contributed by atoms with Crippen molar-refractivity contribution in [3.8, 4) is 5.75 Å². The molecule has 108 valence electrons. The summed E-state index contributed by atoms with van der Waals surface area (Å²) in [5, 5.41) is 2.17. The molecule has 0 aromatic heterocycles. The van der Waals surface area contributed by atoms with Crippen LogP contribution in [0.25, 0.3) is 16.8 Å². The summed E-state index contributed by atoms with van der Waals surface area (Å²) in [5.74, 6) is 0.828. The second-order valence-electron chi connectivity index (χ2n) is 5.02. The quantitative estimate of drug-likeness (QED) is 0.848. The highest BCUT2D eigenvalue weighted by atomic mass is 16.5. The number of ether oxygens (including phenoxy) is 1. The number of carbonyl (C=O) groups is 1. The predicted molar refractivity (Wildman–Crippen MR) is 83.9 cm³/mol. The third-order valence-corrected chi connectivity index (χ3v) is 3.48. The van der Waals surface area contributed by atoms with Crippen molar-refractivity contribution in [2.75, 3.05) is 13.2 Å². The largest absolute Gasteiger partial charge is 0.493 e. The molecule has 2 aromatic rings. The molecule has 3 rings (SSSR count). The van der Waals surface area contributed by atoms with E-state index < -0.39 is 0 Å². The van der Waals surface area contributed by atoms with Crippen molar-refractivity contribution in [1.82, 2.24) is 10.9 Å². The fourth-order valence-corrected chi connectivity index (χ4v) is 2.45. The fraction of sp³-hybridized carbons (Fsp3) is 0.235. The van der Waals surface area contributed by atoms with Crippen LogP contribution < -0.4 is 15.6 Å². The second kappa shape index (κ2) is 5.97. The van der Waals surface area contributed by atoms with Crippen LogP contribution in [0.15, 0.2) is 42.0 Å². The molecule has 0 saturated carbocycles. The highest BCUT2D eigenvalue weighted by molar-refractivity contribution is 6.03. The molecule has 4 heteroatoms. The molecule has 1 aliphatic rings. The number of amides is 1. The molecule has 1 heterocycles. The molecule has 0 atom stereocenters. The van der Waals surface area contributed by atoms with Crippen LogP contribution in [0.5, 0.6) is 5.75 Å². The van der Waals surface area contributed by atoms with Crippen molar-refractivity contribution in [3.63, 3.8) is 0 Å². The molecule has 2 aromatic carbocycles. The van der Waals surface area contributed by atoms with Crippen molar-refractivity contribution in [2.24, 2.45) is 0 Å². The fourth-order valence-electron chi connectivity index (χ4n) is 2.45. The van der Waals surface area contributed by atoms with E-state index in [2.05, 4.69) is 29.9 Å². The van der Waals surface area contributed by atoms with Crippen molar-refractivity contribution in [2.45, 2.75) is 13.3 Å². The van der Waals surface area contributed by atoms with Gasteiger partial charge in [0.05, 0.1) is 6.61 Å². The lowest BCUT2D eigenvalue weighted by Crippen LogP contribution is -2.25. The molecule has 0 bridgehead atoms. The summed E-state index contributed by atoms with van der Waals surface area (Å²) in [7, 11) is 0. The van der Waals surface area contributed by atoms with Crippen LogP contribution in [0.2, 0.25) is 0 Å². The summed E-state index contributed by atoms with van der Waals surface area (Å²) in [6.07, 6.45) is 2.91. The average molecular weight is 282 g/mol. The first-order valence-corrected chi connectivity index (χ1v) is 7.18. The topological polar surface area (TPSA) is 50.4 Å². The average Bonchev–Trinajstić information content (AvgIpc) is 2.91. The van der Waals surface area contributed by atoms with Gasteiger partial charge in [-0.3, -0.25) is 10.2 Å². The van der Waals surface area contributed by atoms with E-state index in [1.54, 1.807) is 0 Å². The van der Waals surface area contributed by atoms with Gasteiger partial charge >= 0.3 is 0 Å². The van der Waals surface area contributed by atoms with Crippen LogP contribution in [-0.2, 0) is 4.79 Å². The van der Waals surface area contributed by atoms with Crippen LogP contribution in [0.3, 0.4) is 0 Å². The van der Waals surface area contributed by atoms with Gasteiger partial charge in [-0.1, -0.05) is 37.3 Å². The molecule has 0 spiro atoms. The van der Waals surface area contributed by atoms with Crippen molar-refractivity contribution < 1.29 is 9.53 Å². The summed E-state index contributed by atoms with van der Waals surface area (Å²) in [6.45, 7) is 3.34. The molecule has 0 aliphatic carbocycles. The van der Waals surface area contributed by atoms with Crippen molar-refractivity contribution in [1.29, 1.82) is 0 Å². The van der Waals surface area contributed by atoms with Gasteiger partial charge in [0.2, 0.25) is 0 Å². The van der Waals surface area contributed by atoms with Gasteiger partial charge in [-0.2, -0.15) is 0 Å². The summed E-state index contributed by atoms with van der Waals surface area (Å²) in [6, 6.07) is 12.1. The summed E-state index contributed by atoms with van der Waals surface area (Å²) in [4.78, 5) is 11.7. The zero-order valence-corrected chi connectivity index (χ0v) is 12.0. The molecule has 1 saturated heterocycles. The Hall–Kier alpha value is -2.33. The number of nitrogens with one attached hydrogen (secondary N) is 2. The Morgan fingerprint density at radius 3 is 2.76 bits per heavy atom. The van der Waals surface area contributed by atoms with E-state index in [1.165, 1.54) is 0 Å². The SMILES string of the molecule is CCCOc1cccc2c(/C=C3\CNNC3=O)cccc12. The number of hydrazine groups is 1. The number of benzene rings is 2. The Kier molecular flexibility index (Phi) is 3.88. The van der Waals surface area contributed by atoms with Crippen LogP contribution in [-0.4, -0.2) is 19.1 Å². The third kappa shape index (κ3) is 2.76. The standard InChI is InChI=1S/C17H18N2O2/c1-2-9-21-16-8-4-6-14-12(5-3-7-15(14)16)10-13-11-18-19-17(13)20/h3-8,10,18H,2,9,11H2,1H3,(H,19,20)/b13-10+. The monoisotopic (exact) mass is 282 g/mol. The zero-order chi connectivity index (χ0) is 14.7. The number of carbonyl (C=O) groups excluding carboxylic acids is 1. The molecule has 1 aliphatic heterocycles. The lowest BCUT2D eigenvalue weighted by atomic mass is 10.0. The van der Waals surface area contributed by atoms with E-state index in [-0.39, 0.29) is 5.91 Å². The molecule has 0 radical (unpaired) electrons. The van der Waals surface area contributed by atoms with Gasteiger partial charge in [0.15, 0.2) is 0 Å². The van der Waals surface area contributed by atoms with Crippen molar-refractivity contribution >= 4 is 22.8 Å². The molecule has 2 N–H and O–H groups in total. The van der Waals surface area contributed by atoms with E-state index in [0.717, 1.165) is 34.1 Å². The number of hydrogen-bond acceptors (Lipinski definition) is 3. The normalized spacial score (nSPS) is 16.4. The van der Waals surface area contributed by atoms with E-state index >= 15 is 0 Å². The van der Waals surface area contributed by atoms with Crippen LogP contribution in [0.1, 0.15) is 18.9 Å². The number of fused-ring (bicyclic) bond motifs is 1. The first-order valence-electron chi connectivity index (χ1n) is 7.18. The minimum absolute atomic E-state index is 0.0645. The molecule has 1 fully saturated rings. The molecule has 21 heavy (non-hydrogen) atoms.